The van der Waals surface area contributed by atoms with E-state index in [-0.39, 0.29) is 12.5 Å². The third kappa shape index (κ3) is 4.15. The van der Waals surface area contributed by atoms with Crippen molar-refractivity contribution in [3.8, 4) is 0 Å². The van der Waals surface area contributed by atoms with E-state index in [1.165, 1.54) is 0 Å². The molecule has 0 amide bonds. The van der Waals surface area contributed by atoms with E-state index < -0.39 is 0 Å². The molecule has 2 heteroatoms. The Morgan fingerprint density at radius 3 is 2.56 bits per heavy atom. The molecular weight excluding hydrogens is 200 g/mol. The maximum absolute atomic E-state index is 12.0. The van der Waals surface area contributed by atoms with Crippen LogP contribution in [-0.2, 0) is 11.2 Å². The first-order valence-corrected chi connectivity index (χ1v) is 5.95. The molecule has 0 bridgehead atoms. The molecule has 0 heterocycles. The van der Waals surface area contributed by atoms with Crippen LogP contribution in [0.25, 0.3) is 0 Å². The van der Waals surface area contributed by atoms with Crippen molar-refractivity contribution in [3.63, 3.8) is 0 Å². The molecule has 0 saturated carbocycles. The molecule has 1 N–H and O–H groups in total. The summed E-state index contributed by atoms with van der Waals surface area (Å²) in [5, 5.41) is 8.77. The van der Waals surface area contributed by atoms with Crippen LogP contribution in [0, 0.1) is 5.92 Å². The average molecular weight is 220 g/mol. The maximum atomic E-state index is 12.0. The largest absolute Gasteiger partial charge is 0.396 e. The summed E-state index contributed by atoms with van der Waals surface area (Å²) < 4.78 is 0. The van der Waals surface area contributed by atoms with Crippen LogP contribution in [0.3, 0.4) is 0 Å². The van der Waals surface area contributed by atoms with E-state index in [0.717, 1.165) is 24.8 Å². The SMILES string of the molecule is CCC(CCCO)C(=O)Cc1ccccc1. The molecule has 16 heavy (non-hydrogen) atoms. The van der Waals surface area contributed by atoms with Crippen molar-refractivity contribution in [2.45, 2.75) is 32.6 Å². The lowest BCUT2D eigenvalue weighted by molar-refractivity contribution is -0.122. The van der Waals surface area contributed by atoms with E-state index in [0.29, 0.717) is 12.2 Å². The van der Waals surface area contributed by atoms with Crippen LogP contribution in [0.4, 0.5) is 0 Å². The average Bonchev–Trinajstić information content (AvgIpc) is 2.31. The van der Waals surface area contributed by atoms with E-state index >= 15 is 0 Å². The number of aliphatic hydroxyl groups is 1. The van der Waals surface area contributed by atoms with E-state index in [1.54, 1.807) is 0 Å². The Kier molecular flexibility index (Phi) is 5.79. The normalized spacial score (nSPS) is 12.4. The second-order valence-corrected chi connectivity index (χ2v) is 4.10. The Labute approximate surface area is 97.3 Å². The second-order valence-electron chi connectivity index (χ2n) is 4.10. The van der Waals surface area contributed by atoms with Gasteiger partial charge < -0.3 is 5.11 Å². The molecule has 0 spiro atoms. The Bertz CT molecular complexity index is 306. The Hall–Kier alpha value is -1.15. The number of hydrogen-bond acceptors (Lipinski definition) is 2. The summed E-state index contributed by atoms with van der Waals surface area (Å²) in [6, 6.07) is 9.83. The first-order valence-electron chi connectivity index (χ1n) is 5.95. The smallest absolute Gasteiger partial charge is 0.140 e. The molecule has 1 rings (SSSR count). The predicted molar refractivity (Wildman–Crippen MR) is 65.3 cm³/mol. The molecule has 1 aromatic rings. The lowest BCUT2D eigenvalue weighted by Crippen LogP contribution is -2.16. The van der Waals surface area contributed by atoms with Crippen molar-refractivity contribution in [2.24, 2.45) is 5.92 Å². The van der Waals surface area contributed by atoms with Gasteiger partial charge in [-0.2, -0.15) is 0 Å². The van der Waals surface area contributed by atoms with Gasteiger partial charge in [0.15, 0.2) is 0 Å². The molecule has 1 unspecified atom stereocenters. The zero-order chi connectivity index (χ0) is 11.8. The minimum absolute atomic E-state index is 0.104. The summed E-state index contributed by atoms with van der Waals surface area (Å²) in [6.45, 7) is 2.21. The zero-order valence-electron chi connectivity index (χ0n) is 9.86. The lowest BCUT2D eigenvalue weighted by Gasteiger charge is -2.12. The minimum Gasteiger partial charge on any atom is -0.396 e. The fourth-order valence-electron chi connectivity index (χ4n) is 1.87. The Morgan fingerprint density at radius 1 is 1.31 bits per heavy atom. The number of carbonyl (C=O) groups excluding carboxylic acids is 1. The van der Waals surface area contributed by atoms with Crippen LogP contribution in [0.1, 0.15) is 31.7 Å². The summed E-state index contributed by atoms with van der Waals surface area (Å²) in [5.41, 5.74) is 1.08. The Morgan fingerprint density at radius 2 is 2.00 bits per heavy atom. The van der Waals surface area contributed by atoms with Crippen LogP contribution < -0.4 is 0 Å². The molecule has 1 aromatic carbocycles. The van der Waals surface area contributed by atoms with Crippen LogP contribution in [0.5, 0.6) is 0 Å². The highest BCUT2D eigenvalue weighted by atomic mass is 16.2. The molecule has 0 aromatic heterocycles. The first kappa shape index (κ1) is 12.9. The van der Waals surface area contributed by atoms with Gasteiger partial charge in [-0.05, 0) is 24.8 Å². The molecule has 88 valence electrons. The molecule has 2 nitrogen and oxygen atoms in total. The topological polar surface area (TPSA) is 37.3 Å². The summed E-state index contributed by atoms with van der Waals surface area (Å²) >= 11 is 0. The highest BCUT2D eigenvalue weighted by molar-refractivity contribution is 5.83. The van der Waals surface area contributed by atoms with E-state index in [4.69, 9.17) is 5.11 Å². The van der Waals surface area contributed by atoms with Crippen LogP contribution >= 0.6 is 0 Å². The summed E-state index contributed by atoms with van der Waals surface area (Å²) in [7, 11) is 0. The van der Waals surface area contributed by atoms with Crippen molar-refractivity contribution in [1.82, 2.24) is 0 Å². The van der Waals surface area contributed by atoms with Crippen LogP contribution in [-0.4, -0.2) is 17.5 Å². The third-order valence-corrected chi connectivity index (χ3v) is 2.88. The maximum Gasteiger partial charge on any atom is 0.140 e. The monoisotopic (exact) mass is 220 g/mol. The standard InChI is InChI=1S/C14H20O2/c1-2-13(9-6-10-15)14(16)11-12-7-4-3-5-8-12/h3-5,7-8,13,15H,2,6,9-11H2,1H3. The van der Waals surface area contributed by atoms with Gasteiger partial charge in [0.25, 0.3) is 0 Å². The van der Waals surface area contributed by atoms with Crippen molar-refractivity contribution in [2.75, 3.05) is 6.61 Å². The molecule has 0 aliphatic heterocycles. The van der Waals surface area contributed by atoms with Gasteiger partial charge in [0.05, 0.1) is 0 Å². The molecule has 1 atom stereocenters. The van der Waals surface area contributed by atoms with Gasteiger partial charge in [-0.3, -0.25) is 4.79 Å². The predicted octanol–water partition coefficient (Wildman–Crippen LogP) is 2.60. The molecule has 0 aliphatic carbocycles. The summed E-state index contributed by atoms with van der Waals surface area (Å²) in [4.78, 5) is 12.0. The number of Topliss-reactive ketones (excluding diaryl/α,β-unsaturated/α-hetero) is 1. The fourth-order valence-corrected chi connectivity index (χ4v) is 1.87. The Balaban J connectivity index is 2.49. The highest BCUT2D eigenvalue weighted by Crippen LogP contribution is 2.15. The van der Waals surface area contributed by atoms with E-state index in [1.807, 2.05) is 37.3 Å². The van der Waals surface area contributed by atoms with E-state index in [9.17, 15) is 4.79 Å². The fraction of sp³-hybridized carbons (Fsp3) is 0.500. The second kappa shape index (κ2) is 7.18. The summed E-state index contributed by atoms with van der Waals surface area (Å²) in [5.74, 6) is 0.398. The third-order valence-electron chi connectivity index (χ3n) is 2.88. The van der Waals surface area contributed by atoms with Gasteiger partial charge in [0.1, 0.15) is 5.78 Å². The number of aliphatic hydroxyl groups excluding tert-OH is 1. The quantitative estimate of drug-likeness (QED) is 0.767. The van der Waals surface area contributed by atoms with Gasteiger partial charge in [-0.15, -0.1) is 0 Å². The zero-order valence-corrected chi connectivity index (χ0v) is 9.86. The van der Waals surface area contributed by atoms with Crippen molar-refractivity contribution in [1.29, 1.82) is 0 Å². The minimum atomic E-state index is 0.104. The van der Waals surface area contributed by atoms with Gasteiger partial charge in [-0.25, -0.2) is 0 Å². The number of benzene rings is 1. The summed E-state index contributed by atoms with van der Waals surface area (Å²) in [6.07, 6.45) is 2.91. The van der Waals surface area contributed by atoms with Crippen molar-refractivity contribution in [3.05, 3.63) is 35.9 Å². The lowest BCUT2D eigenvalue weighted by atomic mass is 9.92. The van der Waals surface area contributed by atoms with Crippen LogP contribution in [0.15, 0.2) is 30.3 Å². The molecule has 0 fully saturated rings. The molecule has 0 radical (unpaired) electrons. The molecular formula is C14H20O2. The number of rotatable bonds is 7. The van der Waals surface area contributed by atoms with Crippen LogP contribution in [0.2, 0.25) is 0 Å². The van der Waals surface area contributed by atoms with Crippen molar-refractivity contribution < 1.29 is 9.90 Å². The molecule has 0 saturated heterocycles. The number of carbonyl (C=O) groups is 1. The van der Waals surface area contributed by atoms with Gasteiger partial charge in [-0.1, -0.05) is 37.3 Å². The van der Waals surface area contributed by atoms with Gasteiger partial charge in [0, 0.05) is 18.9 Å². The highest BCUT2D eigenvalue weighted by Gasteiger charge is 2.15. The molecule has 0 aliphatic rings. The van der Waals surface area contributed by atoms with Crippen molar-refractivity contribution >= 4 is 5.78 Å². The van der Waals surface area contributed by atoms with Gasteiger partial charge >= 0.3 is 0 Å². The number of hydrogen-bond donors (Lipinski definition) is 1. The first-order chi connectivity index (χ1) is 7.77. The van der Waals surface area contributed by atoms with E-state index in [2.05, 4.69) is 0 Å². The number of ketones is 1. The van der Waals surface area contributed by atoms with Gasteiger partial charge in [0.2, 0.25) is 0 Å².